The molecule has 45 heavy (non-hydrogen) atoms. The van der Waals surface area contributed by atoms with Crippen LogP contribution in [0.15, 0.2) is 66.7 Å². The molecule has 2 aliphatic rings. The molecular formula is C37H46N6O2. The Labute approximate surface area is 268 Å². The molecule has 2 amide bonds. The number of rotatable bonds is 10. The van der Waals surface area contributed by atoms with Gasteiger partial charge in [0, 0.05) is 81.3 Å². The first-order valence-electron chi connectivity index (χ1n) is 16.3. The Bertz CT molecular complexity index is 1480. The lowest BCUT2D eigenvalue weighted by molar-refractivity contribution is 0.0735. The molecular weight excluding hydrogens is 560 g/mol. The van der Waals surface area contributed by atoms with E-state index in [1.165, 1.54) is 0 Å². The standard InChI is InChI=1S/C37H46N6O2/c1-27-6-4-7-28(2)35(27)36(44)40-17-14-29(3)41-20-15-34(16-21-41)43(26-31-9-5-8-30(24-31)25-38)33-12-10-32(11-13-33)37(45)42-22-18-39-19-23-42/h4-13,24,29,34,39H,14-23,26H2,1-3H3,(H,40,44). The van der Waals surface area contributed by atoms with Crippen molar-refractivity contribution < 1.29 is 9.59 Å². The molecule has 0 spiro atoms. The van der Waals surface area contributed by atoms with Gasteiger partial charge in [-0.3, -0.25) is 9.59 Å². The molecule has 0 aromatic heterocycles. The summed E-state index contributed by atoms with van der Waals surface area (Å²) >= 11 is 0. The number of hydrogen-bond acceptors (Lipinski definition) is 6. The Hall–Kier alpha value is -4.19. The zero-order valence-electron chi connectivity index (χ0n) is 26.9. The van der Waals surface area contributed by atoms with Crippen LogP contribution in [0.5, 0.6) is 0 Å². The lowest BCUT2D eigenvalue weighted by Gasteiger charge is -2.42. The summed E-state index contributed by atoms with van der Waals surface area (Å²) in [6, 6.07) is 24.9. The number of piperidine rings is 1. The van der Waals surface area contributed by atoms with Crippen molar-refractivity contribution in [3.63, 3.8) is 0 Å². The van der Waals surface area contributed by atoms with Crippen LogP contribution in [0.1, 0.15) is 69.2 Å². The topological polar surface area (TPSA) is 91.7 Å². The SMILES string of the molecule is Cc1cccc(C)c1C(=O)NCCC(C)N1CCC(N(Cc2cccc(C#N)c2)c2ccc(C(=O)N3CCNCC3)cc2)CC1. The number of nitrogens with one attached hydrogen (secondary N) is 2. The first kappa shape index (κ1) is 32.2. The molecule has 8 heteroatoms. The predicted octanol–water partition coefficient (Wildman–Crippen LogP) is 4.90. The third-order valence-corrected chi connectivity index (χ3v) is 9.38. The van der Waals surface area contributed by atoms with E-state index >= 15 is 0 Å². The Morgan fingerprint density at radius 3 is 2.31 bits per heavy atom. The van der Waals surface area contributed by atoms with Crippen LogP contribution in [0.3, 0.4) is 0 Å². The molecule has 0 radical (unpaired) electrons. The van der Waals surface area contributed by atoms with Crippen molar-refractivity contribution in [1.82, 2.24) is 20.4 Å². The number of carbonyl (C=O) groups is 2. The molecule has 3 aromatic carbocycles. The third-order valence-electron chi connectivity index (χ3n) is 9.38. The normalized spacial score (nSPS) is 16.5. The van der Waals surface area contributed by atoms with Crippen LogP contribution >= 0.6 is 0 Å². The van der Waals surface area contributed by atoms with Crippen molar-refractivity contribution in [1.29, 1.82) is 5.26 Å². The van der Waals surface area contributed by atoms with Gasteiger partial charge in [0.25, 0.3) is 11.8 Å². The lowest BCUT2D eigenvalue weighted by atomic mass is 9.98. The van der Waals surface area contributed by atoms with Crippen LogP contribution in [0.2, 0.25) is 0 Å². The van der Waals surface area contributed by atoms with E-state index in [2.05, 4.69) is 51.6 Å². The highest BCUT2D eigenvalue weighted by Crippen LogP contribution is 2.28. The fourth-order valence-electron chi connectivity index (χ4n) is 6.69. The fourth-order valence-corrected chi connectivity index (χ4v) is 6.69. The minimum atomic E-state index is 0.00766. The summed E-state index contributed by atoms with van der Waals surface area (Å²) in [7, 11) is 0. The molecule has 1 atom stereocenters. The summed E-state index contributed by atoms with van der Waals surface area (Å²) in [4.78, 5) is 32.8. The minimum Gasteiger partial charge on any atom is -0.364 e. The van der Waals surface area contributed by atoms with Crippen LogP contribution in [0.4, 0.5) is 5.69 Å². The molecule has 0 aliphatic carbocycles. The fraction of sp³-hybridized carbons (Fsp3) is 0.432. The number of aryl methyl sites for hydroxylation is 2. The van der Waals surface area contributed by atoms with Crippen molar-refractivity contribution in [2.75, 3.05) is 50.7 Å². The van der Waals surface area contributed by atoms with Gasteiger partial charge < -0.3 is 25.3 Å². The first-order chi connectivity index (χ1) is 21.8. The highest BCUT2D eigenvalue weighted by Gasteiger charge is 2.28. The number of nitriles is 1. The number of piperazine rings is 1. The number of hydrogen-bond donors (Lipinski definition) is 2. The van der Waals surface area contributed by atoms with E-state index < -0.39 is 0 Å². The van der Waals surface area contributed by atoms with Crippen LogP contribution in [0, 0.1) is 25.2 Å². The van der Waals surface area contributed by atoms with E-state index in [1.54, 1.807) is 0 Å². The molecule has 236 valence electrons. The quantitative estimate of drug-likeness (QED) is 0.341. The largest absolute Gasteiger partial charge is 0.364 e. The number of nitrogens with zero attached hydrogens (tertiary/aromatic N) is 4. The number of likely N-dealkylation sites (tertiary alicyclic amines) is 1. The maximum atomic E-state index is 13.1. The second kappa shape index (κ2) is 15.2. The number of anilines is 1. The summed E-state index contributed by atoms with van der Waals surface area (Å²) in [5.74, 6) is 0.0946. The lowest BCUT2D eigenvalue weighted by Crippen LogP contribution is -2.48. The van der Waals surface area contributed by atoms with Gasteiger partial charge in [-0.15, -0.1) is 0 Å². The van der Waals surface area contributed by atoms with Gasteiger partial charge in [0.1, 0.15) is 0 Å². The Balaban J connectivity index is 1.21. The van der Waals surface area contributed by atoms with Crippen molar-refractivity contribution >= 4 is 17.5 Å². The first-order valence-corrected chi connectivity index (χ1v) is 16.3. The van der Waals surface area contributed by atoms with Crippen LogP contribution in [-0.2, 0) is 6.54 Å². The maximum absolute atomic E-state index is 13.1. The van der Waals surface area contributed by atoms with E-state index in [-0.39, 0.29) is 11.8 Å². The van der Waals surface area contributed by atoms with Crippen LogP contribution in [-0.4, -0.2) is 79.5 Å². The Morgan fingerprint density at radius 2 is 1.64 bits per heavy atom. The van der Waals surface area contributed by atoms with Crippen molar-refractivity contribution in [3.05, 3.63) is 100 Å². The summed E-state index contributed by atoms with van der Waals surface area (Å²) in [6.45, 7) is 12.7. The number of carbonyl (C=O) groups excluding carboxylic acids is 2. The molecule has 1 unspecified atom stereocenters. The van der Waals surface area contributed by atoms with E-state index in [4.69, 9.17) is 0 Å². The van der Waals surface area contributed by atoms with Gasteiger partial charge in [0.05, 0.1) is 11.6 Å². The molecule has 2 saturated heterocycles. The van der Waals surface area contributed by atoms with Gasteiger partial charge in [-0.1, -0.05) is 30.3 Å². The smallest absolute Gasteiger partial charge is 0.253 e. The van der Waals surface area contributed by atoms with Gasteiger partial charge in [0.15, 0.2) is 0 Å². The number of benzene rings is 3. The second-order valence-corrected chi connectivity index (χ2v) is 12.5. The predicted molar refractivity (Wildman–Crippen MR) is 179 cm³/mol. The molecule has 2 N–H and O–H groups in total. The van der Waals surface area contributed by atoms with Crippen LogP contribution in [0.25, 0.3) is 0 Å². The van der Waals surface area contributed by atoms with E-state index in [0.29, 0.717) is 30.7 Å². The average molecular weight is 607 g/mol. The van der Waals surface area contributed by atoms with E-state index in [9.17, 15) is 14.9 Å². The van der Waals surface area contributed by atoms with E-state index in [1.807, 2.05) is 67.3 Å². The van der Waals surface area contributed by atoms with E-state index in [0.717, 1.165) is 92.0 Å². The Morgan fingerprint density at radius 1 is 0.978 bits per heavy atom. The van der Waals surface area contributed by atoms with Crippen molar-refractivity contribution in [3.8, 4) is 6.07 Å². The Kier molecular flexibility index (Phi) is 10.9. The van der Waals surface area contributed by atoms with Gasteiger partial charge in [-0.25, -0.2) is 0 Å². The molecule has 0 bridgehead atoms. The van der Waals surface area contributed by atoms with Gasteiger partial charge in [-0.05, 0) is 93.1 Å². The molecule has 8 nitrogen and oxygen atoms in total. The van der Waals surface area contributed by atoms with Crippen LogP contribution < -0.4 is 15.5 Å². The molecule has 2 aliphatic heterocycles. The zero-order chi connectivity index (χ0) is 31.8. The van der Waals surface area contributed by atoms with Gasteiger partial charge >= 0.3 is 0 Å². The van der Waals surface area contributed by atoms with Crippen molar-refractivity contribution in [2.45, 2.75) is 58.7 Å². The summed E-state index contributed by atoms with van der Waals surface area (Å²) in [6.07, 6.45) is 2.92. The highest BCUT2D eigenvalue weighted by atomic mass is 16.2. The summed E-state index contributed by atoms with van der Waals surface area (Å²) in [5.41, 5.74) is 6.38. The third kappa shape index (κ3) is 8.10. The zero-order valence-corrected chi connectivity index (χ0v) is 26.9. The molecule has 0 saturated carbocycles. The van der Waals surface area contributed by atoms with Crippen molar-refractivity contribution in [2.24, 2.45) is 0 Å². The monoisotopic (exact) mass is 606 g/mol. The highest BCUT2D eigenvalue weighted by molar-refractivity contribution is 5.97. The van der Waals surface area contributed by atoms with Gasteiger partial charge in [-0.2, -0.15) is 5.26 Å². The minimum absolute atomic E-state index is 0.00766. The molecule has 2 heterocycles. The summed E-state index contributed by atoms with van der Waals surface area (Å²) in [5, 5.41) is 15.9. The maximum Gasteiger partial charge on any atom is 0.253 e. The average Bonchev–Trinajstić information content (AvgIpc) is 3.07. The molecule has 5 rings (SSSR count). The second-order valence-electron chi connectivity index (χ2n) is 12.5. The summed E-state index contributed by atoms with van der Waals surface area (Å²) < 4.78 is 0. The molecule has 3 aromatic rings. The van der Waals surface area contributed by atoms with Gasteiger partial charge in [0.2, 0.25) is 0 Å². The number of amides is 2. The molecule has 2 fully saturated rings.